The molecule has 3 aromatic carbocycles. The lowest BCUT2D eigenvalue weighted by atomic mass is 9.99. The molecule has 0 aliphatic heterocycles. The second-order valence-corrected chi connectivity index (χ2v) is 11.3. The number of rotatable bonds is 7. The highest BCUT2D eigenvalue weighted by Crippen LogP contribution is 2.21. The third-order valence-corrected chi connectivity index (χ3v) is 6.19. The van der Waals surface area contributed by atoms with E-state index in [9.17, 15) is 0 Å². The van der Waals surface area contributed by atoms with Crippen molar-refractivity contribution in [2.45, 2.75) is 60.8 Å². The second-order valence-electron chi connectivity index (χ2n) is 11.3. The Hall–Kier alpha value is -3.59. The van der Waals surface area contributed by atoms with E-state index in [1.807, 2.05) is 6.20 Å². The number of hydrogen-bond acceptors (Lipinski definition) is 1. The van der Waals surface area contributed by atoms with Crippen molar-refractivity contribution < 1.29 is 0 Å². The summed E-state index contributed by atoms with van der Waals surface area (Å²) in [6.07, 6.45) is 9.14. The van der Waals surface area contributed by atoms with E-state index in [0.717, 1.165) is 31.1 Å². The van der Waals surface area contributed by atoms with Gasteiger partial charge >= 0.3 is 0 Å². The number of para-hydroxylation sites is 1. The maximum Gasteiger partial charge on any atom is 0.0921 e. The summed E-state index contributed by atoms with van der Waals surface area (Å²) in [4.78, 5) is 10.3. The van der Waals surface area contributed by atoms with Gasteiger partial charge in [0.15, 0.2) is 0 Å². The Morgan fingerprint density at radius 3 is 1.82 bits per heavy atom. The molecule has 2 heterocycles. The normalized spacial score (nSPS) is 10.9. The molecule has 200 valence electrons. The largest absolute Gasteiger partial charge is 0.361 e. The highest BCUT2D eigenvalue weighted by Gasteiger charge is 2.04. The van der Waals surface area contributed by atoms with E-state index in [2.05, 4.69) is 142 Å². The van der Waals surface area contributed by atoms with Crippen LogP contribution in [0.3, 0.4) is 0 Å². The van der Waals surface area contributed by atoms with Crippen molar-refractivity contribution in [3.63, 3.8) is 0 Å². The number of aromatic nitrogens is 3. The summed E-state index contributed by atoms with van der Waals surface area (Å²) in [6.45, 7) is 13.4. The summed E-state index contributed by atoms with van der Waals surface area (Å²) < 4.78 is 0. The summed E-state index contributed by atoms with van der Waals surface area (Å²) >= 11 is 0. The first-order valence-electron chi connectivity index (χ1n) is 14.0. The monoisotopic (exact) mass is 507 g/mol. The van der Waals surface area contributed by atoms with E-state index in [1.54, 1.807) is 6.33 Å². The first kappa shape index (κ1) is 29.0. The average Bonchev–Trinajstić information content (AvgIpc) is 3.55. The van der Waals surface area contributed by atoms with Gasteiger partial charge in [-0.25, -0.2) is 4.98 Å². The summed E-state index contributed by atoms with van der Waals surface area (Å²) in [7, 11) is 0. The zero-order valence-electron chi connectivity index (χ0n) is 24.0. The average molecular weight is 508 g/mol. The van der Waals surface area contributed by atoms with Gasteiger partial charge in [0.1, 0.15) is 0 Å². The molecule has 5 rings (SSSR count). The Bertz CT molecular complexity index is 1290. The molecule has 2 aromatic heterocycles. The van der Waals surface area contributed by atoms with Gasteiger partial charge in [0, 0.05) is 29.0 Å². The van der Waals surface area contributed by atoms with Crippen LogP contribution in [0.2, 0.25) is 0 Å². The lowest BCUT2D eigenvalue weighted by Gasteiger charge is -2.06. The molecule has 38 heavy (non-hydrogen) atoms. The van der Waals surface area contributed by atoms with E-state index < -0.39 is 0 Å². The summed E-state index contributed by atoms with van der Waals surface area (Å²) in [6, 6.07) is 27.9. The van der Waals surface area contributed by atoms with E-state index in [4.69, 9.17) is 0 Å². The number of aromatic amines is 2. The smallest absolute Gasteiger partial charge is 0.0921 e. The Labute approximate surface area is 229 Å². The molecule has 3 nitrogen and oxygen atoms in total. The van der Waals surface area contributed by atoms with E-state index in [1.165, 1.54) is 38.9 Å². The van der Waals surface area contributed by atoms with Crippen LogP contribution in [0.5, 0.6) is 0 Å². The number of nitrogens with one attached hydrogen (secondary N) is 2. The van der Waals surface area contributed by atoms with Gasteiger partial charge in [0.05, 0.1) is 6.33 Å². The van der Waals surface area contributed by atoms with E-state index >= 15 is 0 Å². The number of imidazole rings is 1. The van der Waals surface area contributed by atoms with Crippen LogP contribution in [0.4, 0.5) is 0 Å². The number of nitrogens with zero attached hydrogens (tertiary/aromatic N) is 1. The van der Waals surface area contributed by atoms with Crippen LogP contribution < -0.4 is 0 Å². The van der Waals surface area contributed by atoms with Gasteiger partial charge in [-0.05, 0) is 65.3 Å². The van der Waals surface area contributed by atoms with Gasteiger partial charge in [-0.15, -0.1) is 0 Å². The van der Waals surface area contributed by atoms with Crippen molar-refractivity contribution in [1.29, 1.82) is 0 Å². The predicted molar refractivity (Wildman–Crippen MR) is 164 cm³/mol. The van der Waals surface area contributed by atoms with Crippen LogP contribution in [-0.2, 0) is 19.3 Å². The molecular formula is C35H45N3. The van der Waals surface area contributed by atoms with Crippen molar-refractivity contribution in [3.05, 3.63) is 114 Å². The number of H-pyrrole nitrogens is 2. The van der Waals surface area contributed by atoms with Gasteiger partial charge < -0.3 is 9.97 Å². The van der Waals surface area contributed by atoms with Crippen LogP contribution in [-0.4, -0.2) is 15.0 Å². The zero-order valence-corrected chi connectivity index (χ0v) is 24.0. The van der Waals surface area contributed by atoms with Crippen LogP contribution in [0.1, 0.15) is 58.4 Å². The molecule has 0 radical (unpaired) electrons. The molecule has 0 bridgehead atoms. The SMILES string of the molecule is CC(C)Cc1c[nH]c2ccccc12.CC(C)Cc1ccc(-c2ccccc2)cc1.CC(C)Cc1cnc[nH]1. The number of fused-ring (bicyclic) bond motifs is 1. The topological polar surface area (TPSA) is 44.5 Å². The van der Waals surface area contributed by atoms with E-state index in [-0.39, 0.29) is 0 Å². The van der Waals surface area contributed by atoms with Crippen LogP contribution in [0, 0.1) is 17.8 Å². The molecule has 0 aliphatic carbocycles. The van der Waals surface area contributed by atoms with Crippen LogP contribution >= 0.6 is 0 Å². The third kappa shape index (κ3) is 9.70. The molecule has 0 unspecified atom stereocenters. The zero-order chi connectivity index (χ0) is 27.3. The Morgan fingerprint density at radius 1 is 0.605 bits per heavy atom. The molecule has 0 atom stereocenters. The highest BCUT2D eigenvalue weighted by atomic mass is 14.9. The summed E-state index contributed by atoms with van der Waals surface area (Å²) in [5.74, 6) is 2.16. The molecular weight excluding hydrogens is 462 g/mol. The molecule has 0 saturated carbocycles. The lowest BCUT2D eigenvalue weighted by molar-refractivity contribution is 0.637. The van der Waals surface area contributed by atoms with Gasteiger partial charge in [-0.2, -0.15) is 0 Å². The molecule has 5 aromatic rings. The van der Waals surface area contributed by atoms with Crippen molar-refractivity contribution in [1.82, 2.24) is 15.0 Å². The van der Waals surface area contributed by atoms with Crippen LogP contribution in [0.15, 0.2) is 97.6 Å². The van der Waals surface area contributed by atoms with Gasteiger partial charge in [0.25, 0.3) is 0 Å². The maximum absolute atomic E-state index is 3.92. The van der Waals surface area contributed by atoms with Crippen molar-refractivity contribution >= 4 is 10.9 Å². The fraction of sp³-hybridized carbons (Fsp3) is 0.343. The minimum Gasteiger partial charge on any atom is -0.361 e. The number of benzene rings is 3. The first-order valence-corrected chi connectivity index (χ1v) is 14.0. The standard InChI is InChI=1S/C16H18.C12H15N.C7H12N2/c1-13(2)12-14-8-10-16(11-9-14)15-6-4-3-5-7-15;1-9(2)7-10-8-13-12-6-4-3-5-11(10)12;1-6(2)3-7-4-8-5-9-7/h3-11,13H,12H2,1-2H3;3-6,8-9,13H,7H2,1-2H3;4-6H,3H2,1-2H3,(H,8,9). The summed E-state index contributed by atoms with van der Waals surface area (Å²) in [5, 5.41) is 1.37. The molecule has 3 heteroatoms. The van der Waals surface area contributed by atoms with Crippen LogP contribution in [0.25, 0.3) is 22.0 Å². The fourth-order valence-electron chi connectivity index (χ4n) is 4.51. The Morgan fingerprint density at radius 2 is 1.21 bits per heavy atom. The summed E-state index contributed by atoms with van der Waals surface area (Å²) in [5.41, 5.74) is 7.93. The van der Waals surface area contributed by atoms with Crippen molar-refractivity contribution in [3.8, 4) is 11.1 Å². The van der Waals surface area contributed by atoms with E-state index in [0.29, 0.717) is 5.92 Å². The van der Waals surface area contributed by atoms with Gasteiger partial charge in [0.2, 0.25) is 0 Å². The maximum atomic E-state index is 3.92. The third-order valence-electron chi connectivity index (χ3n) is 6.19. The van der Waals surface area contributed by atoms with Crippen molar-refractivity contribution in [2.24, 2.45) is 17.8 Å². The minimum atomic E-state index is 0.713. The predicted octanol–water partition coefficient (Wildman–Crippen LogP) is 9.53. The second kappa shape index (κ2) is 15.0. The van der Waals surface area contributed by atoms with Gasteiger partial charge in [-0.3, -0.25) is 0 Å². The lowest BCUT2D eigenvalue weighted by Crippen LogP contribution is -1.93. The number of hydrogen-bond donors (Lipinski definition) is 2. The molecule has 0 aliphatic rings. The minimum absolute atomic E-state index is 0.713. The first-order chi connectivity index (χ1) is 18.3. The molecule has 2 N–H and O–H groups in total. The molecule has 0 fully saturated rings. The molecule has 0 amide bonds. The quantitative estimate of drug-likeness (QED) is 0.226. The Balaban J connectivity index is 0.000000164. The molecule has 0 saturated heterocycles. The van der Waals surface area contributed by atoms with Gasteiger partial charge in [-0.1, -0.05) is 114 Å². The molecule has 0 spiro atoms. The van der Waals surface area contributed by atoms with Crippen molar-refractivity contribution in [2.75, 3.05) is 0 Å². The highest BCUT2D eigenvalue weighted by molar-refractivity contribution is 5.83. The Kier molecular flexibility index (Phi) is 11.4. The fourth-order valence-corrected chi connectivity index (χ4v) is 4.51.